The van der Waals surface area contributed by atoms with Crippen LogP contribution in [0.1, 0.15) is 27.7 Å². The maximum Gasteiger partial charge on any atom is 0.0912 e. The maximum absolute atomic E-state index is 5.31. The molecule has 0 saturated heterocycles. The molecule has 0 amide bonds. The third kappa shape index (κ3) is 2.80. The van der Waals surface area contributed by atoms with E-state index in [1.165, 1.54) is 5.92 Å². The molecule has 0 rings (SSSR count). The lowest BCUT2D eigenvalue weighted by Crippen LogP contribution is -2.42. The van der Waals surface area contributed by atoms with Gasteiger partial charge in [-0.15, -0.1) is 0 Å². The van der Waals surface area contributed by atoms with Gasteiger partial charge in [-0.25, -0.2) is 0 Å². The number of hydrogen-bond donors (Lipinski definition) is 0. The van der Waals surface area contributed by atoms with Crippen molar-refractivity contribution in [3.8, 4) is 0 Å². The van der Waals surface area contributed by atoms with Crippen molar-refractivity contribution < 1.29 is 9.47 Å². The first kappa shape index (κ1) is 10.9. The van der Waals surface area contributed by atoms with Gasteiger partial charge in [0.1, 0.15) is 0 Å². The summed E-state index contributed by atoms with van der Waals surface area (Å²) in [6.45, 7) is 8.15. The van der Waals surface area contributed by atoms with Crippen molar-refractivity contribution in [2.75, 3.05) is 14.2 Å². The van der Waals surface area contributed by atoms with Gasteiger partial charge in [0.25, 0.3) is 0 Å². The van der Waals surface area contributed by atoms with Crippen molar-refractivity contribution in [1.29, 1.82) is 0 Å². The highest BCUT2D eigenvalue weighted by atomic mass is 16.5. The zero-order valence-electron chi connectivity index (χ0n) is 8.39. The normalized spacial score (nSPS) is 15.5. The van der Waals surface area contributed by atoms with E-state index in [0.717, 1.165) is 0 Å². The molecular weight excluding hydrogens is 140 g/mol. The van der Waals surface area contributed by atoms with E-state index in [-0.39, 0.29) is 11.7 Å². The average Bonchev–Trinajstić information content (AvgIpc) is 1.88. The summed E-state index contributed by atoms with van der Waals surface area (Å²) in [6, 6.07) is 0. The van der Waals surface area contributed by atoms with Gasteiger partial charge < -0.3 is 9.47 Å². The van der Waals surface area contributed by atoms with Crippen LogP contribution < -0.4 is 0 Å². The lowest BCUT2D eigenvalue weighted by atomic mass is 9.92. The molecule has 1 unspecified atom stereocenters. The van der Waals surface area contributed by atoms with Crippen molar-refractivity contribution in [2.45, 2.75) is 39.4 Å². The number of hydrogen-bond acceptors (Lipinski definition) is 2. The molecule has 0 aromatic carbocycles. The number of ether oxygens (including phenoxy) is 2. The van der Waals surface area contributed by atoms with Crippen LogP contribution in [0.2, 0.25) is 0 Å². The van der Waals surface area contributed by atoms with Crippen LogP contribution in [0.25, 0.3) is 0 Å². The van der Waals surface area contributed by atoms with E-state index in [0.29, 0.717) is 0 Å². The van der Waals surface area contributed by atoms with Crippen LogP contribution in [0.3, 0.4) is 0 Å². The second-order valence-electron chi connectivity index (χ2n) is 3.50. The Kier molecular flexibility index (Phi) is 4.04. The van der Waals surface area contributed by atoms with E-state index < -0.39 is 0 Å². The van der Waals surface area contributed by atoms with Crippen LogP contribution in [0.4, 0.5) is 0 Å². The van der Waals surface area contributed by atoms with E-state index in [4.69, 9.17) is 9.47 Å². The Balaban J connectivity index is 4.23. The molecule has 2 heteroatoms. The first-order valence-corrected chi connectivity index (χ1v) is 3.83. The molecule has 0 aromatic heterocycles. The van der Waals surface area contributed by atoms with E-state index in [1.54, 1.807) is 14.2 Å². The zero-order chi connectivity index (χ0) is 9.07. The van der Waals surface area contributed by atoms with Gasteiger partial charge in [-0.05, 0) is 13.8 Å². The molecule has 0 N–H and O–H groups in total. The van der Waals surface area contributed by atoms with Gasteiger partial charge in [0, 0.05) is 20.1 Å². The van der Waals surface area contributed by atoms with Crippen molar-refractivity contribution in [3.05, 3.63) is 5.92 Å². The molecule has 0 aliphatic heterocycles. The van der Waals surface area contributed by atoms with Crippen LogP contribution in [-0.4, -0.2) is 25.9 Å². The van der Waals surface area contributed by atoms with Gasteiger partial charge in [-0.3, -0.25) is 0 Å². The lowest BCUT2D eigenvalue weighted by molar-refractivity contribution is -0.0864. The number of rotatable bonds is 4. The molecule has 0 spiro atoms. The highest BCUT2D eigenvalue weighted by molar-refractivity contribution is 4.98. The molecule has 2 nitrogen and oxygen atoms in total. The predicted molar refractivity (Wildman–Crippen MR) is 46.5 cm³/mol. The molecule has 11 heavy (non-hydrogen) atoms. The van der Waals surface area contributed by atoms with Crippen LogP contribution >= 0.6 is 0 Å². The summed E-state index contributed by atoms with van der Waals surface area (Å²) in [7, 11) is 3.41. The molecule has 0 bridgehead atoms. The molecule has 0 saturated carbocycles. The Morgan fingerprint density at radius 2 is 1.64 bits per heavy atom. The number of methoxy groups -OCH3 is 2. The molecule has 1 radical (unpaired) electrons. The fraction of sp³-hybridized carbons (Fsp3) is 0.889. The fourth-order valence-electron chi connectivity index (χ4n) is 1.32. The third-order valence-electron chi connectivity index (χ3n) is 1.92. The van der Waals surface area contributed by atoms with Gasteiger partial charge in [0.2, 0.25) is 0 Å². The van der Waals surface area contributed by atoms with Crippen LogP contribution in [0.5, 0.6) is 0 Å². The highest BCUT2D eigenvalue weighted by Crippen LogP contribution is 2.23. The van der Waals surface area contributed by atoms with Gasteiger partial charge in [0.05, 0.1) is 11.7 Å². The summed E-state index contributed by atoms with van der Waals surface area (Å²) in [4.78, 5) is 0. The summed E-state index contributed by atoms with van der Waals surface area (Å²) in [5.74, 6) is 1.24. The Morgan fingerprint density at radius 1 is 1.18 bits per heavy atom. The molecule has 0 aromatic rings. The zero-order valence-corrected chi connectivity index (χ0v) is 8.39. The Morgan fingerprint density at radius 3 is 1.73 bits per heavy atom. The average molecular weight is 159 g/mol. The minimum absolute atomic E-state index is 0.0764. The summed E-state index contributed by atoms with van der Waals surface area (Å²) >= 11 is 0. The summed E-state index contributed by atoms with van der Waals surface area (Å²) < 4.78 is 10.6. The first-order chi connectivity index (χ1) is 4.95. The van der Waals surface area contributed by atoms with Crippen LogP contribution in [0.15, 0.2) is 0 Å². The monoisotopic (exact) mass is 159 g/mol. The topological polar surface area (TPSA) is 18.5 Å². The van der Waals surface area contributed by atoms with Crippen molar-refractivity contribution in [2.24, 2.45) is 0 Å². The third-order valence-corrected chi connectivity index (χ3v) is 1.92. The summed E-state index contributed by atoms with van der Waals surface area (Å²) in [5.41, 5.74) is -0.229. The Bertz CT molecular complexity index is 108. The van der Waals surface area contributed by atoms with Crippen molar-refractivity contribution in [1.82, 2.24) is 0 Å². The van der Waals surface area contributed by atoms with E-state index >= 15 is 0 Å². The molecule has 67 valence electrons. The first-order valence-electron chi connectivity index (χ1n) is 3.83. The highest BCUT2D eigenvalue weighted by Gasteiger charge is 2.31. The van der Waals surface area contributed by atoms with Gasteiger partial charge in [0.15, 0.2) is 0 Å². The summed E-state index contributed by atoms with van der Waals surface area (Å²) in [6.07, 6.45) is 0.0764. The lowest BCUT2D eigenvalue weighted by Gasteiger charge is -2.34. The van der Waals surface area contributed by atoms with E-state index in [9.17, 15) is 0 Å². The molecule has 0 fully saturated rings. The molecule has 1 atom stereocenters. The molecule has 0 aliphatic rings. The van der Waals surface area contributed by atoms with Crippen LogP contribution in [-0.2, 0) is 9.47 Å². The minimum Gasteiger partial charge on any atom is -0.378 e. The fourth-order valence-corrected chi connectivity index (χ4v) is 1.32. The predicted octanol–water partition coefficient (Wildman–Crippen LogP) is 2.04. The van der Waals surface area contributed by atoms with Gasteiger partial charge in [-0.1, -0.05) is 13.8 Å². The van der Waals surface area contributed by atoms with Gasteiger partial charge in [-0.2, -0.15) is 0 Å². The molecular formula is C9H19O2. The minimum atomic E-state index is -0.229. The van der Waals surface area contributed by atoms with Crippen molar-refractivity contribution in [3.63, 3.8) is 0 Å². The largest absolute Gasteiger partial charge is 0.378 e. The standard InChI is InChI=1S/C9H19O2/c1-7(2)8(10-5)9(3,4)11-6/h8H,1-6H3. The van der Waals surface area contributed by atoms with Crippen LogP contribution in [0, 0.1) is 5.92 Å². The molecule has 0 heterocycles. The summed E-state index contributed by atoms with van der Waals surface area (Å²) in [5, 5.41) is 0. The second kappa shape index (κ2) is 4.07. The Labute approximate surface area is 69.9 Å². The molecule has 0 aliphatic carbocycles. The van der Waals surface area contributed by atoms with E-state index in [1.807, 2.05) is 13.8 Å². The van der Waals surface area contributed by atoms with E-state index in [2.05, 4.69) is 13.8 Å². The second-order valence-corrected chi connectivity index (χ2v) is 3.50. The smallest absolute Gasteiger partial charge is 0.0912 e. The van der Waals surface area contributed by atoms with Crippen molar-refractivity contribution >= 4 is 0 Å². The maximum atomic E-state index is 5.31. The van der Waals surface area contributed by atoms with Gasteiger partial charge >= 0.3 is 0 Å². The SMILES string of the molecule is COC([C](C)C)C(C)(C)OC. The Hall–Kier alpha value is -0.0800. The quantitative estimate of drug-likeness (QED) is 0.625.